The van der Waals surface area contributed by atoms with Crippen LogP contribution in [0.2, 0.25) is 0 Å². The molecule has 0 saturated heterocycles. The molecule has 84 valence electrons. The van der Waals surface area contributed by atoms with E-state index >= 15 is 0 Å². The number of allylic oxidation sites excluding steroid dienone is 5. The van der Waals surface area contributed by atoms with Gasteiger partial charge in [0.2, 0.25) is 0 Å². The molecule has 0 spiro atoms. The summed E-state index contributed by atoms with van der Waals surface area (Å²) >= 11 is 0. The third-order valence-corrected chi connectivity index (χ3v) is 2.43. The van der Waals surface area contributed by atoms with Crippen molar-refractivity contribution in [3.8, 4) is 0 Å². The molecule has 1 heterocycles. The predicted molar refractivity (Wildman–Crippen MR) is 71.3 cm³/mol. The average Bonchev–Trinajstić information content (AvgIpc) is 2.23. The lowest BCUT2D eigenvalue weighted by molar-refractivity contribution is 1.13. The van der Waals surface area contributed by atoms with Gasteiger partial charge in [0.15, 0.2) is 0 Å². The third-order valence-electron chi connectivity index (χ3n) is 2.43. The van der Waals surface area contributed by atoms with Gasteiger partial charge in [-0.15, -0.1) is 0 Å². The minimum atomic E-state index is 1.05. The first-order chi connectivity index (χ1) is 7.56. The van der Waals surface area contributed by atoms with Gasteiger partial charge in [-0.05, 0) is 44.9 Å². The molecule has 0 atom stereocenters. The standard InChI is InChI=1S/C15H19N/c1-6-7-8-14(11(2)3)15-12(4)9-10-13(5)16-15/h6-10H,1H2,2-5H3/b8-7-. The minimum absolute atomic E-state index is 1.05. The number of hydrogen-bond donors (Lipinski definition) is 0. The molecule has 16 heavy (non-hydrogen) atoms. The summed E-state index contributed by atoms with van der Waals surface area (Å²) in [5.41, 5.74) is 5.76. The van der Waals surface area contributed by atoms with E-state index in [1.807, 2.05) is 19.1 Å². The van der Waals surface area contributed by atoms with E-state index < -0.39 is 0 Å². The Morgan fingerprint density at radius 3 is 2.50 bits per heavy atom. The van der Waals surface area contributed by atoms with E-state index in [1.54, 1.807) is 6.08 Å². The third kappa shape index (κ3) is 2.93. The molecule has 0 saturated carbocycles. The Morgan fingerprint density at radius 2 is 1.94 bits per heavy atom. The Bertz CT molecular complexity index is 447. The van der Waals surface area contributed by atoms with Crippen LogP contribution in [0.3, 0.4) is 0 Å². The Kier molecular flexibility index (Phi) is 4.24. The summed E-state index contributed by atoms with van der Waals surface area (Å²) in [6, 6.07) is 4.15. The van der Waals surface area contributed by atoms with Crippen molar-refractivity contribution in [1.29, 1.82) is 0 Å². The number of aromatic nitrogens is 1. The molecule has 1 rings (SSSR count). The van der Waals surface area contributed by atoms with Gasteiger partial charge >= 0.3 is 0 Å². The fourth-order valence-electron chi connectivity index (χ4n) is 1.55. The first-order valence-corrected chi connectivity index (χ1v) is 5.47. The zero-order chi connectivity index (χ0) is 12.1. The van der Waals surface area contributed by atoms with Crippen LogP contribution in [0, 0.1) is 13.8 Å². The van der Waals surface area contributed by atoms with Crippen molar-refractivity contribution in [3.63, 3.8) is 0 Å². The van der Waals surface area contributed by atoms with E-state index in [9.17, 15) is 0 Å². The van der Waals surface area contributed by atoms with E-state index in [2.05, 4.69) is 44.5 Å². The number of pyridine rings is 1. The lowest BCUT2D eigenvalue weighted by Gasteiger charge is -2.09. The summed E-state index contributed by atoms with van der Waals surface area (Å²) in [6.45, 7) is 12.0. The van der Waals surface area contributed by atoms with E-state index in [4.69, 9.17) is 0 Å². The molecular formula is C15H19N. The summed E-state index contributed by atoms with van der Waals surface area (Å²) < 4.78 is 0. The van der Waals surface area contributed by atoms with Crippen LogP contribution in [0.25, 0.3) is 5.57 Å². The Hall–Kier alpha value is -1.63. The number of aryl methyl sites for hydroxylation is 2. The highest BCUT2D eigenvalue weighted by atomic mass is 14.7. The van der Waals surface area contributed by atoms with Crippen molar-refractivity contribution in [2.75, 3.05) is 0 Å². The van der Waals surface area contributed by atoms with Gasteiger partial charge in [0.05, 0.1) is 5.69 Å². The molecule has 0 bridgehead atoms. The number of rotatable bonds is 3. The van der Waals surface area contributed by atoms with E-state index in [0.717, 1.165) is 11.4 Å². The average molecular weight is 213 g/mol. The van der Waals surface area contributed by atoms with Crippen molar-refractivity contribution in [3.05, 3.63) is 59.5 Å². The minimum Gasteiger partial charge on any atom is -0.253 e. The van der Waals surface area contributed by atoms with E-state index in [1.165, 1.54) is 16.7 Å². The maximum absolute atomic E-state index is 4.60. The van der Waals surface area contributed by atoms with Gasteiger partial charge < -0.3 is 0 Å². The van der Waals surface area contributed by atoms with Gasteiger partial charge in [-0.25, -0.2) is 0 Å². The largest absolute Gasteiger partial charge is 0.253 e. The van der Waals surface area contributed by atoms with Crippen molar-refractivity contribution in [1.82, 2.24) is 4.98 Å². The van der Waals surface area contributed by atoms with Crippen LogP contribution in [-0.2, 0) is 0 Å². The van der Waals surface area contributed by atoms with E-state index in [-0.39, 0.29) is 0 Å². The fourth-order valence-corrected chi connectivity index (χ4v) is 1.55. The number of nitrogens with zero attached hydrogens (tertiary/aromatic N) is 1. The molecule has 1 aromatic heterocycles. The molecule has 1 heteroatoms. The zero-order valence-electron chi connectivity index (χ0n) is 10.5. The van der Waals surface area contributed by atoms with Crippen LogP contribution in [0.15, 0.2) is 42.5 Å². The lowest BCUT2D eigenvalue weighted by atomic mass is 10.0. The summed E-state index contributed by atoms with van der Waals surface area (Å²) in [5, 5.41) is 0. The van der Waals surface area contributed by atoms with Crippen molar-refractivity contribution in [2.45, 2.75) is 27.7 Å². The molecule has 0 unspecified atom stereocenters. The topological polar surface area (TPSA) is 12.9 Å². The fraction of sp³-hybridized carbons (Fsp3) is 0.267. The monoisotopic (exact) mass is 213 g/mol. The second kappa shape index (κ2) is 5.45. The highest BCUT2D eigenvalue weighted by molar-refractivity contribution is 5.76. The molecule has 1 nitrogen and oxygen atoms in total. The predicted octanol–water partition coefficient (Wildman–Crippen LogP) is 4.23. The Balaban J connectivity index is 3.33. The second-order valence-corrected chi connectivity index (χ2v) is 4.13. The molecule has 0 aliphatic carbocycles. The maximum atomic E-state index is 4.60. The van der Waals surface area contributed by atoms with E-state index in [0.29, 0.717) is 0 Å². The van der Waals surface area contributed by atoms with Gasteiger partial charge in [0.25, 0.3) is 0 Å². The summed E-state index contributed by atoms with van der Waals surface area (Å²) in [7, 11) is 0. The van der Waals surface area contributed by atoms with Crippen LogP contribution < -0.4 is 0 Å². The molecule has 0 radical (unpaired) electrons. The first kappa shape index (κ1) is 12.4. The summed E-state index contributed by atoms with van der Waals surface area (Å²) in [4.78, 5) is 4.60. The van der Waals surface area contributed by atoms with Crippen LogP contribution in [0.5, 0.6) is 0 Å². The normalized spacial score (nSPS) is 10.5. The quantitative estimate of drug-likeness (QED) is 0.684. The lowest BCUT2D eigenvalue weighted by Crippen LogP contribution is -1.95. The smallest absolute Gasteiger partial charge is 0.0733 e. The van der Waals surface area contributed by atoms with Gasteiger partial charge in [-0.2, -0.15) is 0 Å². The highest BCUT2D eigenvalue weighted by Gasteiger charge is 2.05. The Morgan fingerprint density at radius 1 is 1.25 bits per heavy atom. The van der Waals surface area contributed by atoms with Crippen molar-refractivity contribution >= 4 is 5.57 Å². The maximum Gasteiger partial charge on any atom is 0.0733 e. The van der Waals surface area contributed by atoms with Crippen molar-refractivity contribution < 1.29 is 0 Å². The molecular weight excluding hydrogens is 194 g/mol. The first-order valence-electron chi connectivity index (χ1n) is 5.47. The van der Waals surface area contributed by atoms with Gasteiger partial charge in [-0.3, -0.25) is 4.98 Å². The van der Waals surface area contributed by atoms with Gasteiger partial charge in [0.1, 0.15) is 0 Å². The van der Waals surface area contributed by atoms with Crippen LogP contribution in [0.4, 0.5) is 0 Å². The van der Waals surface area contributed by atoms with Crippen LogP contribution in [0.1, 0.15) is 30.8 Å². The van der Waals surface area contributed by atoms with Crippen molar-refractivity contribution in [2.24, 2.45) is 0 Å². The molecule has 0 fully saturated rings. The molecule has 0 amide bonds. The summed E-state index contributed by atoms with van der Waals surface area (Å²) in [5.74, 6) is 0. The van der Waals surface area contributed by atoms with Crippen LogP contribution in [-0.4, -0.2) is 4.98 Å². The highest BCUT2D eigenvalue weighted by Crippen LogP contribution is 2.22. The molecule has 0 aliphatic rings. The second-order valence-electron chi connectivity index (χ2n) is 4.13. The van der Waals surface area contributed by atoms with Gasteiger partial charge in [-0.1, -0.05) is 36.4 Å². The zero-order valence-corrected chi connectivity index (χ0v) is 10.5. The Labute approximate surface area is 98.2 Å². The molecule has 0 aliphatic heterocycles. The number of hydrogen-bond acceptors (Lipinski definition) is 1. The summed E-state index contributed by atoms with van der Waals surface area (Å²) in [6.07, 6.45) is 5.80. The van der Waals surface area contributed by atoms with Crippen LogP contribution >= 0.6 is 0 Å². The molecule has 0 aromatic carbocycles. The molecule has 0 N–H and O–H groups in total. The molecule has 1 aromatic rings. The van der Waals surface area contributed by atoms with Gasteiger partial charge in [0, 0.05) is 5.69 Å². The SMILES string of the molecule is C=C/C=C\C(=C(C)C)c1nc(C)ccc1C.